The van der Waals surface area contributed by atoms with Crippen LogP contribution in [0.3, 0.4) is 0 Å². The van der Waals surface area contributed by atoms with Gasteiger partial charge in [-0.25, -0.2) is 4.79 Å². The molecule has 5 nitrogen and oxygen atoms in total. The topological polar surface area (TPSA) is 59.8 Å². The molecule has 1 fully saturated rings. The zero-order chi connectivity index (χ0) is 19.6. The number of furan rings is 1. The number of ether oxygens (including phenoxy) is 1. The molecule has 1 aliphatic heterocycles. The Balaban J connectivity index is 1.78. The Morgan fingerprint density at radius 1 is 1.26 bits per heavy atom. The van der Waals surface area contributed by atoms with Crippen LogP contribution in [0.1, 0.15) is 36.9 Å². The van der Waals surface area contributed by atoms with Crippen molar-refractivity contribution in [2.24, 2.45) is 0 Å². The smallest absolute Gasteiger partial charge is 0.338 e. The molecular formula is C20H19NO4S2. The molecule has 3 rings (SSSR count). The van der Waals surface area contributed by atoms with E-state index in [1.165, 1.54) is 11.8 Å². The van der Waals surface area contributed by atoms with Gasteiger partial charge in [-0.3, -0.25) is 9.69 Å². The molecule has 1 saturated heterocycles. The highest BCUT2D eigenvalue weighted by Gasteiger charge is 2.33. The van der Waals surface area contributed by atoms with Gasteiger partial charge in [-0.15, -0.1) is 0 Å². The highest BCUT2D eigenvalue weighted by atomic mass is 32.2. The molecule has 0 atom stereocenters. The molecular weight excluding hydrogens is 382 g/mol. The van der Waals surface area contributed by atoms with E-state index in [2.05, 4.69) is 0 Å². The second kappa shape index (κ2) is 8.10. The van der Waals surface area contributed by atoms with Crippen molar-refractivity contribution in [3.63, 3.8) is 0 Å². The Labute approximate surface area is 167 Å². The molecule has 0 aliphatic carbocycles. The van der Waals surface area contributed by atoms with Crippen LogP contribution in [0.2, 0.25) is 0 Å². The molecule has 0 spiro atoms. The fraction of sp³-hybridized carbons (Fsp3) is 0.250. The summed E-state index contributed by atoms with van der Waals surface area (Å²) < 4.78 is 11.4. The summed E-state index contributed by atoms with van der Waals surface area (Å²) in [6.45, 7) is 5.97. The van der Waals surface area contributed by atoms with Gasteiger partial charge in [0.05, 0.1) is 17.1 Å². The fourth-order valence-electron chi connectivity index (χ4n) is 2.62. The van der Waals surface area contributed by atoms with Gasteiger partial charge < -0.3 is 9.15 Å². The monoisotopic (exact) mass is 401 g/mol. The first kappa shape index (κ1) is 19.4. The Kier molecular flexibility index (Phi) is 5.82. The van der Waals surface area contributed by atoms with Crippen LogP contribution in [0.15, 0.2) is 45.7 Å². The molecule has 0 bridgehead atoms. The van der Waals surface area contributed by atoms with Gasteiger partial charge in [0, 0.05) is 17.7 Å². The van der Waals surface area contributed by atoms with Crippen LogP contribution in [-0.4, -0.2) is 33.7 Å². The number of hydrogen-bond acceptors (Lipinski definition) is 6. The van der Waals surface area contributed by atoms with Crippen molar-refractivity contribution in [1.82, 2.24) is 4.90 Å². The van der Waals surface area contributed by atoms with Gasteiger partial charge in [-0.2, -0.15) is 0 Å². The predicted octanol–water partition coefficient (Wildman–Crippen LogP) is 4.73. The number of nitrogens with zero attached hydrogens (tertiary/aromatic N) is 1. The fourth-order valence-corrected chi connectivity index (χ4v) is 4.13. The van der Waals surface area contributed by atoms with Crippen LogP contribution >= 0.6 is 24.0 Å². The van der Waals surface area contributed by atoms with Gasteiger partial charge >= 0.3 is 5.97 Å². The van der Waals surface area contributed by atoms with Gasteiger partial charge in [-0.05, 0) is 45.0 Å². The number of hydrogen-bond donors (Lipinski definition) is 0. The molecule has 140 valence electrons. The highest BCUT2D eigenvalue weighted by Crippen LogP contribution is 2.34. The van der Waals surface area contributed by atoms with Crippen LogP contribution in [0, 0.1) is 0 Å². The average molecular weight is 402 g/mol. The number of thiocarbonyl (C=S) groups is 1. The number of rotatable bonds is 5. The molecule has 0 saturated carbocycles. The van der Waals surface area contributed by atoms with E-state index in [1.807, 2.05) is 19.9 Å². The molecule has 0 unspecified atom stereocenters. The van der Waals surface area contributed by atoms with Crippen molar-refractivity contribution in [3.8, 4) is 11.3 Å². The first-order valence-corrected chi connectivity index (χ1v) is 9.77. The standard InChI is InChI=1S/C20H19NO4S2/c1-4-24-19(23)14-7-5-13(6-8-14)16-10-9-15(25-16)11-17-18(22)21(12(2)3)20(26)27-17/h5-12H,4H2,1-3H3. The van der Waals surface area contributed by atoms with Crippen molar-refractivity contribution in [2.45, 2.75) is 26.8 Å². The van der Waals surface area contributed by atoms with Crippen molar-refractivity contribution in [3.05, 3.63) is 52.6 Å². The minimum atomic E-state index is -0.351. The lowest BCUT2D eigenvalue weighted by molar-refractivity contribution is -0.123. The number of carbonyl (C=O) groups is 2. The SMILES string of the molecule is CCOC(=O)c1ccc(-c2ccc(C=C3SC(=S)N(C(C)C)C3=O)o2)cc1. The Hall–Kier alpha value is -2.38. The van der Waals surface area contributed by atoms with Crippen molar-refractivity contribution in [1.29, 1.82) is 0 Å². The molecule has 0 radical (unpaired) electrons. The summed E-state index contributed by atoms with van der Waals surface area (Å²) in [5.74, 6) is 0.771. The maximum absolute atomic E-state index is 12.5. The molecule has 27 heavy (non-hydrogen) atoms. The summed E-state index contributed by atoms with van der Waals surface area (Å²) in [5.41, 5.74) is 1.32. The molecule has 2 heterocycles. The first-order chi connectivity index (χ1) is 12.9. The minimum absolute atomic E-state index is 0.0217. The number of esters is 1. The minimum Gasteiger partial charge on any atom is -0.462 e. The zero-order valence-electron chi connectivity index (χ0n) is 15.2. The molecule has 1 aliphatic rings. The van der Waals surface area contributed by atoms with Crippen molar-refractivity contribution in [2.75, 3.05) is 6.61 Å². The van der Waals surface area contributed by atoms with Crippen molar-refractivity contribution < 1.29 is 18.7 Å². The largest absolute Gasteiger partial charge is 0.462 e. The van der Waals surface area contributed by atoms with E-state index >= 15 is 0 Å². The highest BCUT2D eigenvalue weighted by molar-refractivity contribution is 8.26. The van der Waals surface area contributed by atoms with Crippen LogP contribution < -0.4 is 0 Å². The van der Waals surface area contributed by atoms with Gasteiger partial charge in [-0.1, -0.05) is 36.1 Å². The third-order valence-electron chi connectivity index (χ3n) is 3.92. The summed E-state index contributed by atoms with van der Waals surface area (Å²) in [4.78, 5) is 26.3. The first-order valence-electron chi connectivity index (χ1n) is 8.55. The van der Waals surface area contributed by atoms with E-state index in [9.17, 15) is 9.59 Å². The molecule has 7 heteroatoms. The lowest BCUT2D eigenvalue weighted by atomic mass is 10.1. The van der Waals surface area contributed by atoms with E-state index in [0.29, 0.717) is 32.9 Å². The Morgan fingerprint density at radius 2 is 1.96 bits per heavy atom. The van der Waals surface area contributed by atoms with Gasteiger partial charge in [0.1, 0.15) is 15.8 Å². The summed E-state index contributed by atoms with van der Waals surface area (Å²) >= 11 is 6.56. The third-order valence-corrected chi connectivity index (χ3v) is 5.25. The zero-order valence-corrected chi connectivity index (χ0v) is 16.9. The summed E-state index contributed by atoms with van der Waals surface area (Å²) in [6.07, 6.45) is 1.71. The lowest BCUT2D eigenvalue weighted by Crippen LogP contribution is -2.34. The van der Waals surface area contributed by atoms with Gasteiger partial charge in [0.25, 0.3) is 5.91 Å². The van der Waals surface area contributed by atoms with Crippen LogP contribution in [-0.2, 0) is 9.53 Å². The van der Waals surface area contributed by atoms with Crippen molar-refractivity contribution >= 4 is 46.3 Å². The Morgan fingerprint density at radius 3 is 2.56 bits per heavy atom. The normalized spacial score (nSPS) is 15.9. The lowest BCUT2D eigenvalue weighted by Gasteiger charge is -2.18. The summed E-state index contributed by atoms with van der Waals surface area (Å²) in [5, 5.41) is 0. The molecule has 2 aromatic rings. The number of thioether (sulfide) groups is 1. The number of carbonyl (C=O) groups excluding carboxylic acids is 2. The number of amides is 1. The predicted molar refractivity (Wildman–Crippen MR) is 110 cm³/mol. The molecule has 0 N–H and O–H groups in total. The summed E-state index contributed by atoms with van der Waals surface area (Å²) in [7, 11) is 0. The van der Waals surface area contributed by atoms with E-state index in [0.717, 1.165) is 5.56 Å². The number of benzene rings is 1. The van der Waals surface area contributed by atoms with E-state index < -0.39 is 0 Å². The van der Waals surface area contributed by atoms with Crippen LogP contribution in [0.4, 0.5) is 0 Å². The van der Waals surface area contributed by atoms with Crippen LogP contribution in [0.5, 0.6) is 0 Å². The van der Waals surface area contributed by atoms with E-state index in [-0.39, 0.29) is 17.9 Å². The van der Waals surface area contributed by atoms with Gasteiger partial charge in [0.2, 0.25) is 0 Å². The maximum Gasteiger partial charge on any atom is 0.338 e. The second-order valence-electron chi connectivity index (χ2n) is 6.15. The molecule has 1 aromatic carbocycles. The third kappa shape index (κ3) is 4.14. The average Bonchev–Trinajstić information content (AvgIpc) is 3.20. The second-order valence-corrected chi connectivity index (χ2v) is 7.82. The molecule has 1 amide bonds. The van der Waals surface area contributed by atoms with E-state index in [4.69, 9.17) is 21.4 Å². The van der Waals surface area contributed by atoms with Crippen LogP contribution in [0.25, 0.3) is 17.4 Å². The van der Waals surface area contributed by atoms with E-state index in [1.54, 1.807) is 48.2 Å². The quantitative estimate of drug-likeness (QED) is 0.410. The Bertz CT molecular complexity index is 912. The molecule has 1 aromatic heterocycles. The van der Waals surface area contributed by atoms with Gasteiger partial charge in [0.15, 0.2) is 0 Å². The maximum atomic E-state index is 12.5. The summed E-state index contributed by atoms with van der Waals surface area (Å²) in [6, 6.07) is 10.6.